The molecule has 1 N–H and O–H groups in total. The lowest BCUT2D eigenvalue weighted by molar-refractivity contribution is 0.0993. The lowest BCUT2D eigenvalue weighted by atomic mass is 10.1. The van der Waals surface area contributed by atoms with Gasteiger partial charge in [-0.05, 0) is 56.5 Å². The monoisotopic (exact) mass is 396 g/mol. The molecule has 0 fully saturated rings. The Bertz CT molecular complexity index is 1110. The lowest BCUT2D eigenvalue weighted by Crippen LogP contribution is -2.40. The Labute approximate surface area is 166 Å². The largest absolute Gasteiger partial charge is 0.311 e. The molecule has 0 aliphatic heterocycles. The molecule has 3 aromatic carbocycles. The van der Waals surface area contributed by atoms with E-state index in [4.69, 9.17) is 0 Å². The number of hydrogen-bond donors (Lipinski definition) is 1. The number of nitrogens with zero attached hydrogens (tertiary/aromatic N) is 1. The van der Waals surface area contributed by atoms with E-state index in [1.165, 1.54) is 12.1 Å². The Morgan fingerprint density at radius 1 is 0.893 bits per heavy atom. The number of nitrogens with one attached hydrogen (secondary N) is 1. The number of amides is 1. The van der Waals surface area contributed by atoms with Crippen LogP contribution in [-0.4, -0.2) is 26.9 Å². The summed E-state index contributed by atoms with van der Waals surface area (Å²) in [7, 11) is -1.92. The molecule has 0 saturated carbocycles. The Morgan fingerprint density at radius 2 is 1.50 bits per heavy atom. The summed E-state index contributed by atoms with van der Waals surface area (Å²) in [6.45, 7) is 5.34. The van der Waals surface area contributed by atoms with Crippen LogP contribution in [0.4, 0.5) is 5.69 Å². The van der Waals surface area contributed by atoms with Gasteiger partial charge in [0.15, 0.2) is 0 Å². The van der Waals surface area contributed by atoms with Crippen molar-refractivity contribution in [3.05, 3.63) is 72.3 Å². The minimum atomic E-state index is -3.64. The molecule has 0 unspecified atom stereocenters. The fraction of sp³-hybridized carbons (Fsp3) is 0.227. The second-order valence-electron chi connectivity index (χ2n) is 7.74. The number of anilines is 1. The summed E-state index contributed by atoms with van der Waals surface area (Å²) in [5.74, 6) is -0.205. The summed E-state index contributed by atoms with van der Waals surface area (Å²) in [5, 5.41) is 2.03. The number of benzene rings is 3. The van der Waals surface area contributed by atoms with Crippen molar-refractivity contribution < 1.29 is 13.2 Å². The molecule has 146 valence electrons. The quantitative estimate of drug-likeness (QED) is 0.719. The van der Waals surface area contributed by atoms with Gasteiger partial charge in [-0.1, -0.05) is 36.4 Å². The normalized spacial score (nSPS) is 12.1. The van der Waals surface area contributed by atoms with Gasteiger partial charge in [-0.3, -0.25) is 4.79 Å². The number of carbonyl (C=O) groups is 1. The van der Waals surface area contributed by atoms with Crippen molar-refractivity contribution in [2.75, 3.05) is 11.9 Å². The molecule has 0 spiro atoms. The Hall–Kier alpha value is -2.70. The smallest absolute Gasteiger partial charge is 0.258 e. The third-order valence-electron chi connectivity index (χ3n) is 4.28. The van der Waals surface area contributed by atoms with Gasteiger partial charge >= 0.3 is 0 Å². The van der Waals surface area contributed by atoms with Crippen LogP contribution in [0.25, 0.3) is 10.8 Å². The van der Waals surface area contributed by atoms with Crippen molar-refractivity contribution in [3.63, 3.8) is 0 Å². The van der Waals surface area contributed by atoms with E-state index in [1.54, 1.807) is 44.9 Å². The van der Waals surface area contributed by atoms with E-state index in [-0.39, 0.29) is 10.8 Å². The average Bonchev–Trinajstić information content (AvgIpc) is 2.64. The van der Waals surface area contributed by atoms with Crippen LogP contribution in [0.2, 0.25) is 0 Å². The number of carbonyl (C=O) groups excluding carboxylic acids is 1. The first kappa shape index (κ1) is 20.0. The number of fused-ring (bicyclic) bond motifs is 1. The Balaban J connectivity index is 1.89. The van der Waals surface area contributed by atoms with Crippen molar-refractivity contribution in [2.24, 2.45) is 0 Å². The van der Waals surface area contributed by atoms with E-state index in [1.807, 2.05) is 42.5 Å². The summed E-state index contributed by atoms with van der Waals surface area (Å²) in [6, 6.07) is 19.7. The summed E-state index contributed by atoms with van der Waals surface area (Å²) in [5.41, 5.74) is 0.640. The SMILES string of the molecule is CN(C(=O)c1ccc(S(=O)(=O)NC(C)(C)C)cc1)c1cccc2ccccc12. The highest BCUT2D eigenvalue weighted by Gasteiger charge is 2.23. The maximum atomic E-state index is 12.9. The molecule has 5 nitrogen and oxygen atoms in total. The van der Waals surface area contributed by atoms with Gasteiger partial charge in [0.25, 0.3) is 5.91 Å². The topological polar surface area (TPSA) is 66.5 Å². The fourth-order valence-corrected chi connectivity index (χ4v) is 4.46. The summed E-state index contributed by atoms with van der Waals surface area (Å²) in [4.78, 5) is 14.7. The predicted molar refractivity (Wildman–Crippen MR) is 113 cm³/mol. The van der Waals surface area contributed by atoms with Crippen molar-refractivity contribution in [1.82, 2.24) is 4.72 Å². The zero-order valence-corrected chi connectivity index (χ0v) is 17.2. The standard InChI is InChI=1S/C22H24N2O3S/c1-22(2,3)23-28(26,27)18-14-12-17(13-15-18)21(25)24(4)20-11-7-9-16-8-5-6-10-19(16)20/h5-15,23H,1-4H3. The second-order valence-corrected chi connectivity index (χ2v) is 9.42. The van der Waals surface area contributed by atoms with Crippen LogP contribution >= 0.6 is 0 Å². The van der Waals surface area contributed by atoms with Crippen LogP contribution < -0.4 is 9.62 Å². The highest BCUT2D eigenvalue weighted by atomic mass is 32.2. The minimum absolute atomic E-state index is 0.131. The zero-order valence-electron chi connectivity index (χ0n) is 16.4. The molecule has 0 aliphatic rings. The first-order chi connectivity index (χ1) is 13.1. The molecule has 6 heteroatoms. The molecular weight excluding hydrogens is 372 g/mol. The van der Waals surface area contributed by atoms with E-state index < -0.39 is 15.6 Å². The van der Waals surface area contributed by atoms with Crippen molar-refractivity contribution in [2.45, 2.75) is 31.2 Å². The van der Waals surface area contributed by atoms with E-state index in [0.29, 0.717) is 5.56 Å². The van der Waals surface area contributed by atoms with E-state index >= 15 is 0 Å². The van der Waals surface area contributed by atoms with E-state index in [2.05, 4.69) is 4.72 Å². The van der Waals surface area contributed by atoms with Gasteiger partial charge in [-0.25, -0.2) is 13.1 Å². The first-order valence-corrected chi connectivity index (χ1v) is 10.5. The van der Waals surface area contributed by atoms with Crippen LogP contribution in [0.5, 0.6) is 0 Å². The molecule has 0 saturated heterocycles. The number of sulfonamides is 1. The summed E-state index contributed by atoms with van der Waals surface area (Å²) in [6.07, 6.45) is 0. The fourth-order valence-electron chi connectivity index (χ4n) is 3.04. The molecule has 0 aliphatic carbocycles. The zero-order chi connectivity index (χ0) is 20.5. The lowest BCUT2D eigenvalue weighted by Gasteiger charge is -2.21. The molecule has 1 amide bonds. The van der Waals surface area contributed by atoms with Gasteiger partial charge < -0.3 is 4.90 Å². The Kier molecular flexibility index (Phi) is 5.28. The molecule has 0 atom stereocenters. The Morgan fingerprint density at radius 3 is 2.14 bits per heavy atom. The van der Waals surface area contributed by atoms with Crippen LogP contribution in [0.1, 0.15) is 31.1 Å². The number of hydrogen-bond acceptors (Lipinski definition) is 3. The molecule has 28 heavy (non-hydrogen) atoms. The van der Waals surface area contributed by atoms with E-state index in [9.17, 15) is 13.2 Å². The molecule has 3 rings (SSSR count). The molecule has 0 aromatic heterocycles. The van der Waals surface area contributed by atoms with Crippen LogP contribution in [-0.2, 0) is 10.0 Å². The van der Waals surface area contributed by atoms with E-state index in [0.717, 1.165) is 16.5 Å². The molecule has 0 heterocycles. The minimum Gasteiger partial charge on any atom is -0.311 e. The van der Waals surface area contributed by atoms with Gasteiger partial charge in [0, 0.05) is 23.5 Å². The molecule has 0 bridgehead atoms. The highest BCUT2D eigenvalue weighted by Crippen LogP contribution is 2.27. The average molecular weight is 397 g/mol. The van der Waals surface area contributed by atoms with Gasteiger partial charge in [-0.2, -0.15) is 0 Å². The van der Waals surface area contributed by atoms with Crippen molar-refractivity contribution in [3.8, 4) is 0 Å². The second kappa shape index (κ2) is 7.37. The third kappa shape index (κ3) is 4.24. The molecule has 3 aromatic rings. The molecule has 0 radical (unpaired) electrons. The van der Waals surface area contributed by atoms with Gasteiger partial charge in [0.05, 0.1) is 10.6 Å². The maximum absolute atomic E-state index is 12.9. The van der Waals surface area contributed by atoms with Gasteiger partial charge in [0.1, 0.15) is 0 Å². The highest BCUT2D eigenvalue weighted by molar-refractivity contribution is 7.89. The predicted octanol–water partition coefficient (Wildman–Crippen LogP) is 4.19. The maximum Gasteiger partial charge on any atom is 0.258 e. The van der Waals surface area contributed by atoms with Gasteiger partial charge in [-0.15, -0.1) is 0 Å². The van der Waals surface area contributed by atoms with Crippen molar-refractivity contribution in [1.29, 1.82) is 0 Å². The first-order valence-electron chi connectivity index (χ1n) is 8.98. The summed E-state index contributed by atoms with van der Waals surface area (Å²) < 4.78 is 27.5. The molecular formula is C22H24N2O3S. The van der Waals surface area contributed by atoms with Crippen LogP contribution in [0.3, 0.4) is 0 Å². The van der Waals surface area contributed by atoms with Crippen LogP contribution in [0, 0.1) is 0 Å². The number of rotatable bonds is 4. The van der Waals surface area contributed by atoms with Crippen molar-refractivity contribution >= 4 is 32.4 Å². The summed E-state index contributed by atoms with van der Waals surface area (Å²) >= 11 is 0. The van der Waals surface area contributed by atoms with Crippen LogP contribution in [0.15, 0.2) is 71.6 Å². The third-order valence-corrected chi connectivity index (χ3v) is 6.06. The van der Waals surface area contributed by atoms with Gasteiger partial charge in [0.2, 0.25) is 10.0 Å².